The predicted octanol–water partition coefficient (Wildman–Crippen LogP) is 3.41. The summed E-state index contributed by atoms with van der Waals surface area (Å²) < 4.78 is 0. The van der Waals surface area contributed by atoms with Gasteiger partial charge in [-0.25, -0.2) is 0 Å². The van der Waals surface area contributed by atoms with Crippen molar-refractivity contribution >= 4 is 0 Å². The average molecular weight is 240 g/mol. The largest absolute Gasteiger partial charge is 0.330 e. The zero-order valence-corrected chi connectivity index (χ0v) is 12.0. The molecule has 0 aliphatic carbocycles. The number of nitrogens with two attached hydrogens (primary N) is 1. The van der Waals surface area contributed by atoms with E-state index in [4.69, 9.17) is 5.73 Å². The summed E-state index contributed by atoms with van der Waals surface area (Å²) in [4.78, 5) is 2.69. The van der Waals surface area contributed by atoms with Crippen LogP contribution in [-0.2, 0) is 0 Å². The van der Waals surface area contributed by atoms with Crippen molar-refractivity contribution in [3.8, 4) is 0 Å². The Labute approximate surface area is 108 Å². The van der Waals surface area contributed by atoms with Gasteiger partial charge in [0.15, 0.2) is 0 Å². The molecule has 2 nitrogen and oxygen atoms in total. The van der Waals surface area contributed by atoms with E-state index in [0.29, 0.717) is 0 Å². The zero-order valence-electron chi connectivity index (χ0n) is 12.0. The third kappa shape index (κ3) is 5.87. The number of hydrogen-bond donors (Lipinski definition) is 1. The Hall–Kier alpha value is -0.0800. The maximum absolute atomic E-state index is 5.63. The molecule has 2 heteroatoms. The van der Waals surface area contributed by atoms with Crippen LogP contribution >= 0.6 is 0 Å². The lowest BCUT2D eigenvalue weighted by Crippen LogP contribution is -2.40. The molecule has 0 amide bonds. The topological polar surface area (TPSA) is 29.3 Å². The van der Waals surface area contributed by atoms with Crippen LogP contribution in [0.3, 0.4) is 0 Å². The summed E-state index contributed by atoms with van der Waals surface area (Å²) in [6.45, 7) is 8.18. The van der Waals surface area contributed by atoms with E-state index in [9.17, 15) is 0 Å². The standard InChI is InChI=1S/C15H32N2/c1-3-4-5-6-7-14(2)17-12-9-15(8-11-16)10-13-17/h14-15H,3-13,16H2,1-2H3. The van der Waals surface area contributed by atoms with Crippen LogP contribution in [0.2, 0.25) is 0 Å². The minimum absolute atomic E-state index is 0.797. The van der Waals surface area contributed by atoms with Crippen molar-refractivity contribution in [2.24, 2.45) is 11.7 Å². The summed E-state index contributed by atoms with van der Waals surface area (Å²) in [5, 5.41) is 0. The second-order valence-corrected chi connectivity index (χ2v) is 5.76. The molecule has 0 saturated carbocycles. The number of piperidine rings is 1. The Morgan fingerprint density at radius 1 is 1.18 bits per heavy atom. The highest BCUT2D eigenvalue weighted by Gasteiger charge is 2.21. The third-order valence-corrected chi connectivity index (χ3v) is 4.32. The number of rotatable bonds is 8. The number of nitrogens with zero attached hydrogens (tertiary/aromatic N) is 1. The number of unbranched alkanes of at least 4 members (excludes halogenated alkanes) is 3. The fourth-order valence-corrected chi connectivity index (χ4v) is 2.97. The molecule has 1 rings (SSSR count). The minimum Gasteiger partial charge on any atom is -0.330 e. The molecule has 17 heavy (non-hydrogen) atoms. The minimum atomic E-state index is 0.797. The van der Waals surface area contributed by atoms with Gasteiger partial charge in [0.25, 0.3) is 0 Å². The molecule has 0 aromatic heterocycles. The normalized spacial score (nSPS) is 20.6. The van der Waals surface area contributed by atoms with Crippen LogP contribution in [0.25, 0.3) is 0 Å². The van der Waals surface area contributed by atoms with Gasteiger partial charge < -0.3 is 10.6 Å². The highest BCUT2D eigenvalue weighted by atomic mass is 15.2. The molecule has 2 N–H and O–H groups in total. The molecular weight excluding hydrogens is 208 g/mol. The molecule has 0 radical (unpaired) electrons. The lowest BCUT2D eigenvalue weighted by molar-refractivity contribution is 0.131. The Morgan fingerprint density at radius 3 is 2.47 bits per heavy atom. The molecule has 0 bridgehead atoms. The summed E-state index contributed by atoms with van der Waals surface area (Å²) in [5.41, 5.74) is 5.63. The van der Waals surface area contributed by atoms with Gasteiger partial charge in [0.05, 0.1) is 0 Å². The van der Waals surface area contributed by atoms with Crippen molar-refractivity contribution in [1.82, 2.24) is 4.90 Å². The first kappa shape index (κ1) is 15.0. The Morgan fingerprint density at radius 2 is 1.88 bits per heavy atom. The monoisotopic (exact) mass is 240 g/mol. The molecule has 1 saturated heterocycles. The summed E-state index contributed by atoms with van der Waals surface area (Å²) in [6.07, 6.45) is 11.0. The van der Waals surface area contributed by atoms with Gasteiger partial charge in [-0.15, -0.1) is 0 Å². The molecule has 1 aliphatic heterocycles. The van der Waals surface area contributed by atoms with Gasteiger partial charge in [-0.2, -0.15) is 0 Å². The summed E-state index contributed by atoms with van der Waals surface area (Å²) in [5.74, 6) is 0.906. The summed E-state index contributed by atoms with van der Waals surface area (Å²) in [7, 11) is 0. The summed E-state index contributed by atoms with van der Waals surface area (Å²) >= 11 is 0. The van der Waals surface area contributed by atoms with E-state index in [1.165, 1.54) is 64.5 Å². The molecule has 1 aliphatic rings. The van der Waals surface area contributed by atoms with E-state index in [1.807, 2.05) is 0 Å². The molecule has 1 fully saturated rings. The molecule has 1 atom stereocenters. The molecule has 102 valence electrons. The average Bonchev–Trinajstić information content (AvgIpc) is 2.36. The van der Waals surface area contributed by atoms with E-state index in [-0.39, 0.29) is 0 Å². The lowest BCUT2D eigenvalue weighted by Gasteiger charge is -2.36. The Kier molecular flexibility index (Phi) is 7.87. The fraction of sp³-hybridized carbons (Fsp3) is 1.00. The van der Waals surface area contributed by atoms with Crippen LogP contribution in [0.5, 0.6) is 0 Å². The number of hydrogen-bond acceptors (Lipinski definition) is 2. The van der Waals surface area contributed by atoms with Gasteiger partial charge in [-0.3, -0.25) is 0 Å². The first-order chi connectivity index (χ1) is 8.27. The molecular formula is C15H32N2. The number of likely N-dealkylation sites (tertiary alicyclic amines) is 1. The quantitative estimate of drug-likeness (QED) is 0.659. The maximum Gasteiger partial charge on any atom is 0.00669 e. The molecule has 0 aromatic rings. The smallest absolute Gasteiger partial charge is 0.00669 e. The van der Waals surface area contributed by atoms with Gasteiger partial charge in [-0.05, 0) is 58.2 Å². The van der Waals surface area contributed by atoms with Gasteiger partial charge >= 0.3 is 0 Å². The van der Waals surface area contributed by atoms with Crippen molar-refractivity contribution in [3.05, 3.63) is 0 Å². The first-order valence-corrected chi connectivity index (χ1v) is 7.72. The third-order valence-electron chi connectivity index (χ3n) is 4.32. The van der Waals surface area contributed by atoms with Crippen LogP contribution in [-0.4, -0.2) is 30.6 Å². The van der Waals surface area contributed by atoms with Gasteiger partial charge in [0.1, 0.15) is 0 Å². The van der Waals surface area contributed by atoms with E-state index in [1.54, 1.807) is 0 Å². The van der Waals surface area contributed by atoms with Gasteiger partial charge in [-0.1, -0.05) is 32.6 Å². The second-order valence-electron chi connectivity index (χ2n) is 5.76. The first-order valence-electron chi connectivity index (χ1n) is 7.72. The van der Waals surface area contributed by atoms with Crippen molar-refractivity contribution < 1.29 is 0 Å². The molecule has 1 heterocycles. The zero-order chi connectivity index (χ0) is 12.5. The SMILES string of the molecule is CCCCCCC(C)N1CCC(CCN)CC1. The Balaban J connectivity index is 2.10. The van der Waals surface area contributed by atoms with Crippen LogP contribution in [0.4, 0.5) is 0 Å². The molecule has 0 aromatic carbocycles. The predicted molar refractivity (Wildman–Crippen MR) is 76.2 cm³/mol. The second kappa shape index (κ2) is 8.93. The van der Waals surface area contributed by atoms with Gasteiger partial charge in [0.2, 0.25) is 0 Å². The van der Waals surface area contributed by atoms with E-state index < -0.39 is 0 Å². The lowest BCUT2D eigenvalue weighted by atomic mass is 9.92. The van der Waals surface area contributed by atoms with Crippen molar-refractivity contribution in [2.45, 2.75) is 71.3 Å². The van der Waals surface area contributed by atoms with E-state index >= 15 is 0 Å². The Bertz CT molecular complexity index is 174. The van der Waals surface area contributed by atoms with Crippen LogP contribution in [0, 0.1) is 5.92 Å². The van der Waals surface area contributed by atoms with Crippen LogP contribution < -0.4 is 5.73 Å². The highest BCUT2D eigenvalue weighted by Crippen LogP contribution is 2.22. The fourth-order valence-electron chi connectivity index (χ4n) is 2.97. The van der Waals surface area contributed by atoms with E-state index in [2.05, 4.69) is 18.7 Å². The van der Waals surface area contributed by atoms with Crippen molar-refractivity contribution in [1.29, 1.82) is 0 Å². The highest BCUT2D eigenvalue weighted by molar-refractivity contribution is 4.76. The molecule has 0 spiro atoms. The van der Waals surface area contributed by atoms with Crippen LogP contribution in [0.15, 0.2) is 0 Å². The van der Waals surface area contributed by atoms with Crippen LogP contribution in [0.1, 0.15) is 65.2 Å². The van der Waals surface area contributed by atoms with Gasteiger partial charge in [0, 0.05) is 6.04 Å². The van der Waals surface area contributed by atoms with Crippen molar-refractivity contribution in [2.75, 3.05) is 19.6 Å². The van der Waals surface area contributed by atoms with Crippen molar-refractivity contribution in [3.63, 3.8) is 0 Å². The molecule has 1 unspecified atom stereocenters. The summed E-state index contributed by atoms with van der Waals surface area (Å²) in [6, 6.07) is 0.797. The van der Waals surface area contributed by atoms with E-state index in [0.717, 1.165) is 18.5 Å². The maximum atomic E-state index is 5.63.